The molecule has 0 atom stereocenters. The molecule has 138 valence electrons. The van der Waals surface area contributed by atoms with Crippen LogP contribution in [0.5, 0.6) is 0 Å². The van der Waals surface area contributed by atoms with Gasteiger partial charge in [-0.3, -0.25) is 9.10 Å². The maximum absolute atomic E-state index is 12.9. The minimum absolute atomic E-state index is 0.104. The monoisotopic (exact) mass is 373 g/mol. The van der Waals surface area contributed by atoms with Crippen LogP contribution < -0.4 is 0 Å². The lowest BCUT2D eigenvalue weighted by molar-refractivity contribution is -0.144. The van der Waals surface area contributed by atoms with E-state index in [1.54, 1.807) is 26.0 Å². The van der Waals surface area contributed by atoms with Gasteiger partial charge in [0.2, 0.25) is 0 Å². The number of carbonyl (C=O) groups is 1. The van der Waals surface area contributed by atoms with Crippen LogP contribution in [0.25, 0.3) is 0 Å². The summed E-state index contributed by atoms with van der Waals surface area (Å²) in [5.74, 6) is -0.609. The Morgan fingerprint density at radius 2 is 1.65 bits per heavy atom. The Bertz CT molecular complexity index is 868. The number of ether oxygens (including phenoxy) is 1. The van der Waals surface area contributed by atoms with Gasteiger partial charge >= 0.3 is 5.97 Å². The predicted octanol–water partition coefficient (Wildman–Crippen LogP) is 3.65. The Hall–Kier alpha value is -2.60. The van der Waals surface area contributed by atoms with Gasteiger partial charge in [-0.2, -0.15) is 0 Å². The van der Waals surface area contributed by atoms with Crippen molar-refractivity contribution < 1.29 is 17.9 Å². The first-order valence-electron chi connectivity index (χ1n) is 8.22. The summed E-state index contributed by atoms with van der Waals surface area (Å²) in [7, 11) is -3.83. The van der Waals surface area contributed by atoms with Crippen LogP contribution >= 0.6 is 0 Å². The standard InChI is InChI=1S/C20H23NO4S/c1-16(2)13-21(26(23,24)19-11-9-17(3)10-12-19)14-20(22)25-15-18-7-5-4-6-8-18/h4-13H,14-15H2,1-3H3. The number of nitrogens with zero attached hydrogens (tertiary/aromatic N) is 1. The van der Waals surface area contributed by atoms with Crippen molar-refractivity contribution in [1.29, 1.82) is 0 Å². The van der Waals surface area contributed by atoms with Gasteiger partial charge in [-0.05, 0) is 38.5 Å². The van der Waals surface area contributed by atoms with E-state index in [4.69, 9.17) is 4.74 Å². The molecule has 2 aromatic carbocycles. The molecule has 2 aromatic rings. The molecule has 0 radical (unpaired) electrons. The molecule has 0 saturated heterocycles. The van der Waals surface area contributed by atoms with E-state index in [1.807, 2.05) is 37.3 Å². The van der Waals surface area contributed by atoms with Crippen molar-refractivity contribution in [1.82, 2.24) is 4.31 Å². The van der Waals surface area contributed by atoms with Gasteiger partial charge in [-0.15, -0.1) is 0 Å². The van der Waals surface area contributed by atoms with Crippen molar-refractivity contribution in [3.05, 3.63) is 77.5 Å². The lowest BCUT2D eigenvalue weighted by Gasteiger charge is -2.20. The molecule has 0 unspecified atom stereocenters. The molecule has 0 heterocycles. The Balaban J connectivity index is 2.15. The van der Waals surface area contributed by atoms with E-state index in [9.17, 15) is 13.2 Å². The molecule has 2 rings (SSSR count). The molecule has 0 spiro atoms. The van der Waals surface area contributed by atoms with E-state index in [0.717, 1.165) is 21.0 Å². The van der Waals surface area contributed by atoms with E-state index in [1.165, 1.54) is 18.3 Å². The van der Waals surface area contributed by atoms with Crippen LogP contribution in [0.3, 0.4) is 0 Å². The zero-order valence-electron chi connectivity index (χ0n) is 15.2. The van der Waals surface area contributed by atoms with Crippen LogP contribution in [-0.4, -0.2) is 25.2 Å². The molecule has 0 fully saturated rings. The number of esters is 1. The molecule has 0 N–H and O–H groups in total. The number of benzene rings is 2. The van der Waals surface area contributed by atoms with Crippen LogP contribution in [0.1, 0.15) is 25.0 Å². The maximum Gasteiger partial charge on any atom is 0.327 e. The van der Waals surface area contributed by atoms with Crippen molar-refractivity contribution in [2.75, 3.05) is 6.54 Å². The van der Waals surface area contributed by atoms with Crippen LogP contribution in [0.4, 0.5) is 0 Å². The summed E-state index contributed by atoms with van der Waals surface area (Å²) < 4.78 is 32.0. The molecule has 0 aliphatic rings. The van der Waals surface area contributed by atoms with Crippen molar-refractivity contribution >= 4 is 16.0 Å². The molecule has 5 nitrogen and oxygen atoms in total. The highest BCUT2D eigenvalue weighted by Gasteiger charge is 2.24. The summed E-state index contributed by atoms with van der Waals surface area (Å²) in [5.41, 5.74) is 2.56. The van der Waals surface area contributed by atoms with Gasteiger partial charge in [-0.25, -0.2) is 8.42 Å². The zero-order valence-corrected chi connectivity index (χ0v) is 16.0. The number of rotatable bonds is 7. The van der Waals surface area contributed by atoms with Gasteiger partial charge in [0.25, 0.3) is 10.0 Å². The van der Waals surface area contributed by atoms with Crippen molar-refractivity contribution in [3.8, 4) is 0 Å². The van der Waals surface area contributed by atoms with Gasteiger partial charge in [0.15, 0.2) is 0 Å². The Kier molecular flexibility index (Phi) is 6.58. The van der Waals surface area contributed by atoms with Crippen LogP contribution in [0.2, 0.25) is 0 Å². The fourth-order valence-corrected chi connectivity index (χ4v) is 3.62. The van der Waals surface area contributed by atoms with Crippen LogP contribution in [0.15, 0.2) is 71.3 Å². The smallest absolute Gasteiger partial charge is 0.327 e. The minimum Gasteiger partial charge on any atom is -0.459 e. The third-order valence-corrected chi connectivity index (χ3v) is 5.28. The normalized spacial score (nSPS) is 10.9. The quantitative estimate of drug-likeness (QED) is 0.695. The SMILES string of the molecule is CC(C)=CN(CC(=O)OCc1ccccc1)S(=O)(=O)c1ccc(C)cc1. The number of sulfonamides is 1. The van der Waals surface area contributed by atoms with E-state index in [2.05, 4.69) is 0 Å². The number of hydrogen-bond acceptors (Lipinski definition) is 4. The molecule has 0 aliphatic heterocycles. The summed E-state index contributed by atoms with van der Waals surface area (Å²) in [5, 5.41) is 0. The van der Waals surface area contributed by atoms with E-state index < -0.39 is 16.0 Å². The second-order valence-electron chi connectivity index (χ2n) is 6.22. The molecule has 26 heavy (non-hydrogen) atoms. The Morgan fingerprint density at radius 1 is 1.04 bits per heavy atom. The van der Waals surface area contributed by atoms with E-state index in [0.29, 0.717) is 0 Å². The highest BCUT2D eigenvalue weighted by Crippen LogP contribution is 2.18. The van der Waals surface area contributed by atoms with Crippen LogP contribution in [0, 0.1) is 6.92 Å². The zero-order chi connectivity index (χ0) is 19.2. The minimum atomic E-state index is -3.83. The molecule has 0 amide bonds. The van der Waals surface area contributed by atoms with Gasteiger partial charge < -0.3 is 4.74 Å². The summed E-state index contributed by atoms with van der Waals surface area (Å²) in [6, 6.07) is 15.8. The van der Waals surface area contributed by atoms with Gasteiger partial charge in [-0.1, -0.05) is 53.6 Å². The lowest BCUT2D eigenvalue weighted by atomic mass is 10.2. The summed E-state index contributed by atoms with van der Waals surface area (Å²) in [6.45, 7) is 5.15. The van der Waals surface area contributed by atoms with Crippen molar-refractivity contribution in [3.63, 3.8) is 0 Å². The van der Waals surface area contributed by atoms with Gasteiger partial charge in [0.1, 0.15) is 13.2 Å². The summed E-state index contributed by atoms with van der Waals surface area (Å²) >= 11 is 0. The highest BCUT2D eigenvalue weighted by molar-refractivity contribution is 7.89. The van der Waals surface area contributed by atoms with Gasteiger partial charge in [0.05, 0.1) is 4.90 Å². The largest absolute Gasteiger partial charge is 0.459 e. The third kappa shape index (κ3) is 5.46. The summed E-state index contributed by atoms with van der Waals surface area (Å²) in [4.78, 5) is 12.3. The molecule has 0 aromatic heterocycles. The number of carbonyl (C=O) groups excluding carboxylic acids is 1. The molecular formula is C20H23NO4S. The lowest BCUT2D eigenvalue weighted by Crippen LogP contribution is -2.32. The topological polar surface area (TPSA) is 63.7 Å². The fourth-order valence-electron chi connectivity index (χ4n) is 2.24. The van der Waals surface area contributed by atoms with Gasteiger partial charge in [0, 0.05) is 6.20 Å². The molecular weight excluding hydrogens is 350 g/mol. The Morgan fingerprint density at radius 3 is 2.23 bits per heavy atom. The van der Waals surface area contributed by atoms with Crippen molar-refractivity contribution in [2.45, 2.75) is 32.3 Å². The first-order valence-corrected chi connectivity index (χ1v) is 9.66. The highest BCUT2D eigenvalue weighted by atomic mass is 32.2. The Labute approximate surface area is 155 Å². The van der Waals surface area contributed by atoms with Crippen molar-refractivity contribution in [2.24, 2.45) is 0 Å². The molecule has 0 bridgehead atoms. The molecule has 0 aliphatic carbocycles. The summed E-state index contributed by atoms with van der Waals surface area (Å²) in [6.07, 6.45) is 1.44. The number of hydrogen-bond donors (Lipinski definition) is 0. The maximum atomic E-state index is 12.9. The second-order valence-corrected chi connectivity index (χ2v) is 8.11. The number of allylic oxidation sites excluding steroid dienone is 1. The average Bonchev–Trinajstić information content (AvgIpc) is 2.60. The van der Waals surface area contributed by atoms with E-state index >= 15 is 0 Å². The number of aryl methyl sites for hydroxylation is 1. The predicted molar refractivity (Wildman–Crippen MR) is 101 cm³/mol. The average molecular weight is 373 g/mol. The van der Waals surface area contributed by atoms with Crippen LogP contribution in [-0.2, 0) is 26.2 Å². The van der Waals surface area contributed by atoms with E-state index in [-0.39, 0.29) is 18.0 Å². The fraction of sp³-hybridized carbons (Fsp3) is 0.250. The third-order valence-electron chi connectivity index (χ3n) is 3.56. The molecule has 6 heteroatoms. The molecule has 0 saturated carbocycles. The second kappa shape index (κ2) is 8.67. The first-order chi connectivity index (χ1) is 12.3. The first kappa shape index (κ1) is 19.7.